The van der Waals surface area contributed by atoms with Gasteiger partial charge < -0.3 is 15.0 Å². The van der Waals surface area contributed by atoms with Crippen molar-refractivity contribution in [3.63, 3.8) is 0 Å². The first-order valence-corrected chi connectivity index (χ1v) is 12.0. The van der Waals surface area contributed by atoms with Crippen molar-refractivity contribution in [2.75, 3.05) is 13.2 Å². The number of rotatable bonds is 12. The number of hydrogen-bond acceptors (Lipinski definition) is 3. The highest BCUT2D eigenvalue weighted by molar-refractivity contribution is 5.88. The molecule has 3 rings (SSSR count). The third-order valence-corrected chi connectivity index (χ3v) is 5.75. The molecule has 0 bridgehead atoms. The maximum Gasteiger partial charge on any atom is 0.261 e. The Balaban J connectivity index is 1.86. The van der Waals surface area contributed by atoms with Gasteiger partial charge in [-0.25, -0.2) is 4.39 Å². The summed E-state index contributed by atoms with van der Waals surface area (Å²) in [5, 5.41) is 2.98. The van der Waals surface area contributed by atoms with Crippen LogP contribution in [0.2, 0.25) is 0 Å². The van der Waals surface area contributed by atoms with Crippen LogP contribution in [0, 0.1) is 12.7 Å². The Morgan fingerprint density at radius 1 is 0.943 bits per heavy atom. The van der Waals surface area contributed by atoms with Gasteiger partial charge in [0.25, 0.3) is 5.91 Å². The van der Waals surface area contributed by atoms with Crippen LogP contribution in [0.1, 0.15) is 36.5 Å². The van der Waals surface area contributed by atoms with E-state index in [1.54, 1.807) is 12.1 Å². The van der Waals surface area contributed by atoms with Gasteiger partial charge >= 0.3 is 0 Å². The Morgan fingerprint density at radius 2 is 1.63 bits per heavy atom. The van der Waals surface area contributed by atoms with E-state index in [0.717, 1.165) is 29.5 Å². The molecule has 1 N–H and O–H groups in total. The molecular formula is C29H33FN2O3. The SMILES string of the molecule is CCCCNC(=O)C(Cc1ccccc1)N(Cc1ccc(F)cc1)C(=O)COc1ccc(C)cc1. The Labute approximate surface area is 206 Å². The summed E-state index contributed by atoms with van der Waals surface area (Å²) >= 11 is 0. The van der Waals surface area contributed by atoms with Crippen LogP contribution in [0.3, 0.4) is 0 Å². The number of halogens is 1. The van der Waals surface area contributed by atoms with Crippen LogP contribution in [-0.2, 0) is 22.6 Å². The zero-order chi connectivity index (χ0) is 25.0. The standard InChI is InChI=1S/C29H33FN2O3/c1-3-4-18-31-29(34)27(19-23-8-6-5-7-9-23)32(20-24-12-14-25(30)15-13-24)28(33)21-35-26-16-10-22(2)11-17-26/h5-17,27H,3-4,18-21H2,1-2H3,(H,31,34). The molecule has 0 aliphatic carbocycles. The first-order valence-electron chi connectivity index (χ1n) is 12.0. The predicted molar refractivity (Wildman–Crippen MR) is 135 cm³/mol. The number of nitrogens with zero attached hydrogens (tertiary/aromatic N) is 1. The molecule has 0 saturated carbocycles. The van der Waals surface area contributed by atoms with Crippen molar-refractivity contribution in [1.29, 1.82) is 0 Å². The highest BCUT2D eigenvalue weighted by Gasteiger charge is 2.30. The molecule has 0 spiro atoms. The zero-order valence-corrected chi connectivity index (χ0v) is 20.4. The quantitative estimate of drug-likeness (QED) is 0.372. The minimum atomic E-state index is -0.742. The number of carbonyl (C=O) groups is 2. The summed E-state index contributed by atoms with van der Waals surface area (Å²) in [7, 11) is 0. The van der Waals surface area contributed by atoms with Gasteiger partial charge in [0, 0.05) is 19.5 Å². The molecule has 6 heteroatoms. The van der Waals surface area contributed by atoms with Gasteiger partial charge in [-0.2, -0.15) is 0 Å². The van der Waals surface area contributed by atoms with E-state index in [0.29, 0.717) is 18.7 Å². The topological polar surface area (TPSA) is 58.6 Å². The second kappa shape index (κ2) is 13.3. The Bertz CT molecular complexity index is 1070. The highest BCUT2D eigenvalue weighted by Crippen LogP contribution is 2.17. The molecule has 0 saturated heterocycles. The molecule has 5 nitrogen and oxygen atoms in total. The van der Waals surface area contributed by atoms with E-state index in [2.05, 4.69) is 12.2 Å². The van der Waals surface area contributed by atoms with Crippen molar-refractivity contribution in [2.45, 2.75) is 45.7 Å². The van der Waals surface area contributed by atoms with Gasteiger partial charge in [0.15, 0.2) is 6.61 Å². The van der Waals surface area contributed by atoms with E-state index in [-0.39, 0.29) is 30.8 Å². The summed E-state index contributed by atoms with van der Waals surface area (Å²) < 4.78 is 19.3. The third-order valence-electron chi connectivity index (χ3n) is 5.75. The molecule has 0 aromatic heterocycles. The van der Waals surface area contributed by atoms with Gasteiger partial charge in [0.1, 0.15) is 17.6 Å². The van der Waals surface area contributed by atoms with Crippen molar-refractivity contribution in [3.8, 4) is 5.75 Å². The Hall–Kier alpha value is -3.67. The summed E-state index contributed by atoms with van der Waals surface area (Å²) in [5.41, 5.74) is 2.77. The minimum Gasteiger partial charge on any atom is -0.484 e. The monoisotopic (exact) mass is 476 g/mol. The van der Waals surface area contributed by atoms with E-state index in [4.69, 9.17) is 4.74 Å². The average molecular weight is 477 g/mol. The van der Waals surface area contributed by atoms with Gasteiger partial charge in [-0.05, 0) is 48.7 Å². The molecule has 3 aromatic carbocycles. The van der Waals surface area contributed by atoms with Crippen LogP contribution < -0.4 is 10.1 Å². The number of aryl methyl sites for hydroxylation is 1. The molecule has 0 aliphatic heterocycles. The van der Waals surface area contributed by atoms with Crippen molar-refractivity contribution in [3.05, 3.63) is 101 Å². The first-order chi connectivity index (χ1) is 17.0. The molecular weight excluding hydrogens is 443 g/mol. The van der Waals surface area contributed by atoms with Crippen LogP contribution in [0.25, 0.3) is 0 Å². The number of amides is 2. The second-order valence-corrected chi connectivity index (χ2v) is 8.60. The van der Waals surface area contributed by atoms with E-state index >= 15 is 0 Å². The van der Waals surface area contributed by atoms with Crippen LogP contribution in [0.15, 0.2) is 78.9 Å². The fourth-order valence-corrected chi connectivity index (χ4v) is 3.71. The highest BCUT2D eigenvalue weighted by atomic mass is 19.1. The van der Waals surface area contributed by atoms with Crippen molar-refractivity contribution in [2.24, 2.45) is 0 Å². The number of hydrogen-bond donors (Lipinski definition) is 1. The number of nitrogens with one attached hydrogen (secondary N) is 1. The summed E-state index contributed by atoms with van der Waals surface area (Å²) in [4.78, 5) is 28.3. The van der Waals surface area contributed by atoms with Crippen LogP contribution in [0.4, 0.5) is 4.39 Å². The lowest BCUT2D eigenvalue weighted by atomic mass is 10.0. The first kappa shape index (κ1) is 25.9. The molecule has 0 aliphatic rings. The predicted octanol–water partition coefficient (Wildman–Crippen LogP) is 5.07. The van der Waals surface area contributed by atoms with E-state index in [1.165, 1.54) is 17.0 Å². The van der Waals surface area contributed by atoms with Crippen molar-refractivity contribution < 1.29 is 18.7 Å². The van der Waals surface area contributed by atoms with E-state index < -0.39 is 6.04 Å². The Kier molecular flexibility index (Phi) is 9.84. The van der Waals surface area contributed by atoms with Gasteiger partial charge in [-0.3, -0.25) is 9.59 Å². The zero-order valence-electron chi connectivity index (χ0n) is 20.4. The van der Waals surface area contributed by atoms with Gasteiger partial charge in [0.2, 0.25) is 5.91 Å². The van der Waals surface area contributed by atoms with Crippen molar-refractivity contribution in [1.82, 2.24) is 10.2 Å². The van der Waals surface area contributed by atoms with Crippen LogP contribution in [-0.4, -0.2) is 35.9 Å². The molecule has 35 heavy (non-hydrogen) atoms. The number of carbonyl (C=O) groups excluding carboxylic acids is 2. The van der Waals surface area contributed by atoms with Crippen LogP contribution in [0.5, 0.6) is 5.75 Å². The molecule has 1 atom stereocenters. The molecule has 184 valence electrons. The lowest BCUT2D eigenvalue weighted by Gasteiger charge is -2.31. The van der Waals surface area contributed by atoms with Gasteiger partial charge in [0.05, 0.1) is 0 Å². The fourth-order valence-electron chi connectivity index (χ4n) is 3.71. The average Bonchev–Trinajstić information content (AvgIpc) is 2.87. The maximum absolute atomic E-state index is 13.5. The third kappa shape index (κ3) is 8.25. The second-order valence-electron chi connectivity index (χ2n) is 8.60. The van der Waals surface area contributed by atoms with E-state index in [1.807, 2.05) is 61.5 Å². The van der Waals surface area contributed by atoms with Crippen LogP contribution >= 0.6 is 0 Å². The molecule has 0 radical (unpaired) electrons. The molecule has 1 unspecified atom stereocenters. The van der Waals surface area contributed by atoms with Gasteiger partial charge in [-0.1, -0.05) is 73.5 Å². The smallest absolute Gasteiger partial charge is 0.261 e. The summed E-state index contributed by atoms with van der Waals surface area (Å²) in [6.07, 6.45) is 2.16. The molecule has 0 fully saturated rings. The molecule has 0 heterocycles. The lowest BCUT2D eigenvalue weighted by molar-refractivity contribution is -0.142. The maximum atomic E-state index is 13.5. The Morgan fingerprint density at radius 3 is 2.29 bits per heavy atom. The van der Waals surface area contributed by atoms with Gasteiger partial charge in [-0.15, -0.1) is 0 Å². The number of ether oxygens (including phenoxy) is 1. The van der Waals surface area contributed by atoms with Crippen molar-refractivity contribution >= 4 is 11.8 Å². The van der Waals surface area contributed by atoms with E-state index in [9.17, 15) is 14.0 Å². The largest absolute Gasteiger partial charge is 0.484 e. The summed E-state index contributed by atoms with van der Waals surface area (Å²) in [6, 6.07) is 22.3. The summed E-state index contributed by atoms with van der Waals surface area (Å²) in [6.45, 7) is 4.52. The number of benzene rings is 3. The number of unbranched alkanes of at least 4 members (excludes halogenated alkanes) is 1. The minimum absolute atomic E-state index is 0.162. The summed E-state index contributed by atoms with van der Waals surface area (Å²) in [5.74, 6) is -0.306. The normalized spacial score (nSPS) is 11.5. The lowest BCUT2D eigenvalue weighted by Crippen LogP contribution is -2.51. The molecule has 2 amide bonds. The molecule has 3 aromatic rings. The fraction of sp³-hybridized carbons (Fsp3) is 0.310.